The largest absolute Gasteiger partial charge is 0.506 e. The quantitative estimate of drug-likeness (QED) is 0.245. The summed E-state index contributed by atoms with van der Waals surface area (Å²) in [6, 6.07) is 3.04. The summed E-state index contributed by atoms with van der Waals surface area (Å²) in [7, 11) is 0. The highest BCUT2D eigenvalue weighted by Crippen LogP contribution is 2.30. The number of hydrogen-bond donors (Lipinski definition) is 2. The Bertz CT molecular complexity index is 733. The SMILES string of the molecule is C=CCN1C(=O)/C(=C/c2cc(Cl)cc(I)c2O)C(=O)NC1=S. The molecule has 2 N–H and O–H groups in total. The van der Waals surface area contributed by atoms with E-state index in [4.69, 9.17) is 23.8 Å². The third-order valence-electron chi connectivity index (χ3n) is 2.85. The molecule has 0 atom stereocenters. The Hall–Kier alpha value is -1.45. The first-order chi connectivity index (χ1) is 10.3. The minimum atomic E-state index is -0.621. The number of phenols is 1. The van der Waals surface area contributed by atoms with Gasteiger partial charge in [0.25, 0.3) is 11.8 Å². The summed E-state index contributed by atoms with van der Waals surface area (Å²) in [6.07, 6.45) is 2.79. The van der Waals surface area contributed by atoms with Gasteiger partial charge in [-0.15, -0.1) is 6.58 Å². The molecule has 1 fully saturated rings. The number of nitrogens with one attached hydrogen (secondary N) is 1. The van der Waals surface area contributed by atoms with Crippen LogP contribution in [0.5, 0.6) is 5.75 Å². The Kier molecular flexibility index (Phi) is 5.20. The third-order valence-corrected chi connectivity index (χ3v) is 4.22. The van der Waals surface area contributed by atoms with Gasteiger partial charge >= 0.3 is 0 Å². The van der Waals surface area contributed by atoms with Crippen LogP contribution in [0.3, 0.4) is 0 Å². The topological polar surface area (TPSA) is 69.6 Å². The molecule has 1 aromatic rings. The Morgan fingerprint density at radius 1 is 1.45 bits per heavy atom. The standard InChI is InChI=1S/C14H10ClIN2O3S/c1-2-3-18-13(21)9(12(20)17-14(18)22)5-7-4-8(15)6-10(16)11(7)19/h2,4-6,19H,1,3H2,(H,17,20,22)/b9-5+. The van der Waals surface area contributed by atoms with Crippen molar-refractivity contribution in [2.75, 3.05) is 6.54 Å². The number of nitrogens with zero attached hydrogens (tertiary/aromatic N) is 1. The maximum Gasteiger partial charge on any atom is 0.265 e. The van der Waals surface area contributed by atoms with Crippen molar-refractivity contribution < 1.29 is 14.7 Å². The van der Waals surface area contributed by atoms with Gasteiger partial charge in [-0.2, -0.15) is 0 Å². The summed E-state index contributed by atoms with van der Waals surface area (Å²) in [5, 5.41) is 12.9. The van der Waals surface area contributed by atoms with Crippen LogP contribution in [0.25, 0.3) is 6.08 Å². The number of phenolic OH excluding ortho intramolecular Hbond substituents is 1. The molecule has 0 aliphatic carbocycles. The summed E-state index contributed by atoms with van der Waals surface area (Å²) < 4.78 is 0.513. The van der Waals surface area contributed by atoms with Gasteiger partial charge in [-0.3, -0.25) is 19.8 Å². The fourth-order valence-electron chi connectivity index (χ4n) is 1.84. The molecular weight excluding hydrogens is 439 g/mol. The van der Waals surface area contributed by atoms with Crippen molar-refractivity contribution in [1.82, 2.24) is 10.2 Å². The van der Waals surface area contributed by atoms with Crippen LogP contribution in [0, 0.1) is 3.57 Å². The molecule has 1 aliphatic rings. The van der Waals surface area contributed by atoms with Crippen molar-refractivity contribution in [2.24, 2.45) is 0 Å². The molecule has 22 heavy (non-hydrogen) atoms. The van der Waals surface area contributed by atoms with E-state index in [9.17, 15) is 14.7 Å². The van der Waals surface area contributed by atoms with E-state index in [-0.39, 0.29) is 28.5 Å². The molecule has 0 bridgehead atoms. The minimum Gasteiger partial charge on any atom is -0.506 e. The second-order valence-electron chi connectivity index (χ2n) is 4.35. The van der Waals surface area contributed by atoms with Crippen molar-refractivity contribution >= 4 is 69.4 Å². The fourth-order valence-corrected chi connectivity index (χ4v) is 3.15. The zero-order valence-corrected chi connectivity index (χ0v) is 14.8. The molecule has 0 unspecified atom stereocenters. The van der Waals surface area contributed by atoms with Gasteiger partial charge in [0.05, 0.1) is 3.57 Å². The van der Waals surface area contributed by atoms with Crippen molar-refractivity contribution in [3.05, 3.63) is 44.5 Å². The van der Waals surface area contributed by atoms with Gasteiger partial charge in [0.1, 0.15) is 11.3 Å². The number of carbonyl (C=O) groups is 2. The van der Waals surface area contributed by atoms with Crippen molar-refractivity contribution in [3.8, 4) is 5.75 Å². The van der Waals surface area contributed by atoms with Gasteiger partial charge in [-0.1, -0.05) is 17.7 Å². The zero-order chi connectivity index (χ0) is 16.4. The number of thiocarbonyl (C=S) groups is 1. The predicted octanol–water partition coefficient (Wildman–Crippen LogP) is 2.46. The highest BCUT2D eigenvalue weighted by Gasteiger charge is 2.32. The van der Waals surface area contributed by atoms with Crippen molar-refractivity contribution in [3.63, 3.8) is 0 Å². The Morgan fingerprint density at radius 2 is 2.14 bits per heavy atom. The summed E-state index contributed by atoms with van der Waals surface area (Å²) in [6.45, 7) is 3.72. The summed E-state index contributed by atoms with van der Waals surface area (Å²) in [5.74, 6) is -1.23. The molecule has 0 aromatic heterocycles. The van der Waals surface area contributed by atoms with E-state index in [2.05, 4.69) is 11.9 Å². The lowest BCUT2D eigenvalue weighted by Gasteiger charge is -2.27. The molecule has 2 rings (SSSR count). The number of halogens is 2. The first-order valence-corrected chi connectivity index (χ1v) is 7.89. The van der Waals surface area contributed by atoms with E-state index >= 15 is 0 Å². The first kappa shape index (κ1) is 16.9. The fraction of sp³-hybridized carbons (Fsp3) is 0.0714. The van der Waals surface area contributed by atoms with E-state index in [1.165, 1.54) is 23.1 Å². The lowest BCUT2D eigenvalue weighted by Crippen LogP contribution is -2.53. The molecular formula is C14H10ClIN2O3S. The van der Waals surface area contributed by atoms with Gasteiger partial charge in [-0.05, 0) is 53.0 Å². The number of benzene rings is 1. The Balaban J connectivity index is 2.50. The van der Waals surface area contributed by atoms with Crippen molar-refractivity contribution in [2.45, 2.75) is 0 Å². The van der Waals surface area contributed by atoms with Crippen molar-refractivity contribution in [1.29, 1.82) is 0 Å². The predicted molar refractivity (Wildman–Crippen MR) is 96.5 cm³/mol. The van der Waals surface area contributed by atoms with E-state index < -0.39 is 11.8 Å². The van der Waals surface area contributed by atoms with Gasteiger partial charge < -0.3 is 5.11 Å². The lowest BCUT2D eigenvalue weighted by atomic mass is 10.1. The molecule has 1 saturated heterocycles. The van der Waals surface area contributed by atoms with Crippen LogP contribution in [0.4, 0.5) is 0 Å². The van der Waals surface area contributed by atoms with E-state index in [1.54, 1.807) is 6.07 Å². The van der Waals surface area contributed by atoms with E-state index in [0.717, 1.165) is 0 Å². The number of aromatic hydroxyl groups is 1. The number of carbonyl (C=O) groups excluding carboxylic acids is 2. The average molecular weight is 449 g/mol. The molecule has 0 saturated carbocycles. The van der Waals surface area contributed by atoms with Crippen LogP contribution >= 0.6 is 46.4 Å². The summed E-state index contributed by atoms with van der Waals surface area (Å²) in [4.78, 5) is 25.6. The molecule has 8 heteroatoms. The second-order valence-corrected chi connectivity index (χ2v) is 6.33. The molecule has 1 heterocycles. The van der Waals surface area contributed by atoms with Crippen LogP contribution in [0.2, 0.25) is 5.02 Å². The maximum absolute atomic E-state index is 12.4. The van der Waals surface area contributed by atoms with Gasteiger partial charge in [0.15, 0.2) is 5.11 Å². The molecule has 5 nitrogen and oxygen atoms in total. The Labute approximate surface area is 150 Å². The molecule has 0 spiro atoms. The first-order valence-electron chi connectivity index (χ1n) is 6.03. The smallest absolute Gasteiger partial charge is 0.265 e. The number of hydrogen-bond acceptors (Lipinski definition) is 4. The molecule has 1 aliphatic heterocycles. The molecule has 1 aromatic carbocycles. The normalized spacial score (nSPS) is 16.9. The zero-order valence-electron chi connectivity index (χ0n) is 11.1. The van der Waals surface area contributed by atoms with Gasteiger partial charge in [0, 0.05) is 17.1 Å². The van der Waals surface area contributed by atoms with Crippen LogP contribution < -0.4 is 5.32 Å². The van der Waals surface area contributed by atoms with Gasteiger partial charge in [-0.25, -0.2) is 0 Å². The summed E-state index contributed by atoms with van der Waals surface area (Å²) in [5.41, 5.74) is 0.144. The molecule has 114 valence electrons. The highest BCUT2D eigenvalue weighted by atomic mass is 127. The summed E-state index contributed by atoms with van der Waals surface area (Å²) >= 11 is 12.8. The number of amides is 2. The van der Waals surface area contributed by atoms with E-state index in [1.807, 2.05) is 22.6 Å². The number of rotatable bonds is 3. The van der Waals surface area contributed by atoms with Crippen LogP contribution in [-0.4, -0.2) is 33.5 Å². The lowest BCUT2D eigenvalue weighted by molar-refractivity contribution is -0.128. The third kappa shape index (κ3) is 3.31. The monoisotopic (exact) mass is 448 g/mol. The Morgan fingerprint density at radius 3 is 2.77 bits per heavy atom. The minimum absolute atomic E-state index is 0.0250. The van der Waals surface area contributed by atoms with Gasteiger partial charge in [0.2, 0.25) is 0 Å². The molecule has 2 amide bonds. The highest BCUT2D eigenvalue weighted by molar-refractivity contribution is 14.1. The van der Waals surface area contributed by atoms with Crippen LogP contribution in [-0.2, 0) is 9.59 Å². The maximum atomic E-state index is 12.4. The van der Waals surface area contributed by atoms with E-state index in [0.29, 0.717) is 8.59 Å². The van der Waals surface area contributed by atoms with Crippen LogP contribution in [0.1, 0.15) is 5.56 Å². The average Bonchev–Trinajstić information content (AvgIpc) is 2.44. The second kappa shape index (κ2) is 6.76. The molecule has 0 radical (unpaired) electrons. The van der Waals surface area contributed by atoms with Crippen LogP contribution in [0.15, 0.2) is 30.4 Å².